The third-order valence-corrected chi connectivity index (χ3v) is 3.94. The number of likely N-dealkylation sites (tertiary alicyclic amines) is 1. The van der Waals surface area contributed by atoms with Crippen LogP contribution in [-0.2, 0) is 11.3 Å². The molecule has 132 valence electrons. The Hall–Kier alpha value is -1.86. The van der Waals surface area contributed by atoms with Gasteiger partial charge >= 0.3 is 6.18 Å². The summed E-state index contributed by atoms with van der Waals surface area (Å²) in [6.45, 7) is 2.14. The van der Waals surface area contributed by atoms with Crippen molar-refractivity contribution in [2.75, 3.05) is 13.1 Å². The Morgan fingerprint density at radius 3 is 2.62 bits per heavy atom. The van der Waals surface area contributed by atoms with Crippen LogP contribution in [0.4, 0.5) is 13.2 Å². The third-order valence-electron chi connectivity index (χ3n) is 3.94. The highest BCUT2D eigenvalue weighted by Crippen LogP contribution is 2.34. The van der Waals surface area contributed by atoms with Gasteiger partial charge in [-0.15, -0.1) is 0 Å². The van der Waals surface area contributed by atoms with Gasteiger partial charge < -0.3 is 11.1 Å². The fourth-order valence-corrected chi connectivity index (χ4v) is 2.80. The summed E-state index contributed by atoms with van der Waals surface area (Å²) < 4.78 is 39.8. The van der Waals surface area contributed by atoms with Crippen LogP contribution in [0.25, 0.3) is 0 Å². The van der Waals surface area contributed by atoms with Gasteiger partial charge in [-0.25, -0.2) is 0 Å². The van der Waals surface area contributed by atoms with E-state index in [0.29, 0.717) is 6.54 Å². The molecule has 1 saturated heterocycles. The second-order valence-electron chi connectivity index (χ2n) is 6.16. The number of halogens is 3. The molecule has 1 amide bonds. The highest BCUT2D eigenvalue weighted by molar-refractivity contribution is 5.87. The monoisotopic (exact) mass is 341 g/mol. The molecule has 1 aromatic carbocycles. The Morgan fingerprint density at radius 2 is 2.04 bits per heavy atom. The van der Waals surface area contributed by atoms with Crippen molar-refractivity contribution in [1.29, 1.82) is 0 Å². The number of hydrogen-bond acceptors (Lipinski definition) is 3. The molecule has 2 rings (SSSR count). The van der Waals surface area contributed by atoms with E-state index in [1.807, 2.05) is 30.3 Å². The Kier molecular flexibility index (Phi) is 6.01. The van der Waals surface area contributed by atoms with Crippen LogP contribution in [0.5, 0.6) is 0 Å². The Morgan fingerprint density at radius 1 is 1.38 bits per heavy atom. The molecule has 4 nitrogen and oxygen atoms in total. The van der Waals surface area contributed by atoms with Crippen LogP contribution in [0.1, 0.15) is 12.5 Å². The number of benzene rings is 1. The largest absolute Gasteiger partial charge is 0.395 e. The molecule has 1 aromatic rings. The van der Waals surface area contributed by atoms with Crippen LogP contribution < -0.4 is 11.1 Å². The number of nitrogens with two attached hydrogens (primary N) is 1. The summed E-state index contributed by atoms with van der Waals surface area (Å²) in [5.74, 6) is -2.12. The first-order chi connectivity index (χ1) is 11.3. The Bertz CT molecular complexity index is 572. The molecule has 3 atom stereocenters. The molecule has 0 bridgehead atoms. The summed E-state index contributed by atoms with van der Waals surface area (Å²) >= 11 is 0. The number of rotatable bonds is 5. The summed E-state index contributed by atoms with van der Waals surface area (Å²) in [4.78, 5) is 13.5. The average molecular weight is 341 g/mol. The maximum Gasteiger partial charge on any atom is 0.395 e. The van der Waals surface area contributed by atoms with Gasteiger partial charge in [0.1, 0.15) is 0 Å². The number of alkyl halides is 3. The average Bonchev–Trinajstić information content (AvgIpc) is 2.89. The second-order valence-corrected chi connectivity index (χ2v) is 6.16. The minimum Gasteiger partial charge on any atom is -0.348 e. The summed E-state index contributed by atoms with van der Waals surface area (Å²) in [5.41, 5.74) is 6.44. The molecule has 1 fully saturated rings. The maximum absolute atomic E-state index is 13.3. The minimum absolute atomic E-state index is 0.125. The van der Waals surface area contributed by atoms with Crippen LogP contribution in [0, 0.1) is 5.92 Å². The standard InChI is InChI=1S/C17H22F3N3O/c1-12(21)7-8-16(24)22-15-11-23(10-14(15)17(18,19)20)9-13-5-3-2-4-6-13/h2-8,12,14-15H,9-11,21H2,1H3,(H,22,24)/b8-7+/t12?,14-,15-/m1/s1. The van der Waals surface area contributed by atoms with Crippen LogP contribution in [0.15, 0.2) is 42.5 Å². The zero-order chi connectivity index (χ0) is 17.7. The van der Waals surface area contributed by atoms with Crippen molar-refractivity contribution in [3.63, 3.8) is 0 Å². The van der Waals surface area contributed by atoms with E-state index in [0.717, 1.165) is 5.56 Å². The smallest absolute Gasteiger partial charge is 0.348 e. The number of carbonyl (C=O) groups excluding carboxylic acids is 1. The van der Waals surface area contributed by atoms with Gasteiger partial charge in [0.25, 0.3) is 0 Å². The van der Waals surface area contributed by atoms with Gasteiger partial charge in [-0.05, 0) is 12.5 Å². The number of nitrogens with one attached hydrogen (secondary N) is 1. The molecule has 3 N–H and O–H groups in total. The first kappa shape index (κ1) is 18.5. The van der Waals surface area contributed by atoms with Crippen molar-refractivity contribution < 1.29 is 18.0 Å². The van der Waals surface area contributed by atoms with E-state index in [1.54, 1.807) is 11.8 Å². The SMILES string of the molecule is CC(N)/C=C/C(=O)N[C@@H]1CN(Cc2ccccc2)C[C@H]1C(F)(F)F. The molecule has 0 radical (unpaired) electrons. The number of carbonyl (C=O) groups is 1. The lowest BCUT2D eigenvalue weighted by atomic mass is 10.0. The van der Waals surface area contributed by atoms with E-state index < -0.39 is 24.0 Å². The minimum atomic E-state index is -4.35. The summed E-state index contributed by atoms with van der Waals surface area (Å²) in [5, 5.41) is 2.46. The molecular weight excluding hydrogens is 319 g/mol. The van der Waals surface area contributed by atoms with E-state index >= 15 is 0 Å². The van der Waals surface area contributed by atoms with Gasteiger partial charge in [-0.3, -0.25) is 9.69 Å². The molecule has 24 heavy (non-hydrogen) atoms. The van der Waals surface area contributed by atoms with E-state index in [4.69, 9.17) is 5.73 Å². The van der Waals surface area contributed by atoms with E-state index in [2.05, 4.69) is 5.32 Å². The lowest BCUT2D eigenvalue weighted by Crippen LogP contribution is -2.44. The summed E-state index contributed by atoms with van der Waals surface area (Å²) in [7, 11) is 0. The Labute approximate surface area is 139 Å². The molecule has 1 heterocycles. The normalized spacial score (nSPS) is 23.5. The van der Waals surface area contributed by atoms with Crippen molar-refractivity contribution >= 4 is 5.91 Å². The molecule has 0 aliphatic carbocycles. The van der Waals surface area contributed by atoms with Gasteiger partial charge in [-0.1, -0.05) is 36.4 Å². The van der Waals surface area contributed by atoms with Crippen molar-refractivity contribution in [3.05, 3.63) is 48.0 Å². The summed E-state index contributed by atoms with van der Waals surface area (Å²) in [6.07, 6.45) is -1.71. The highest BCUT2D eigenvalue weighted by Gasteiger charge is 2.50. The van der Waals surface area contributed by atoms with Crippen molar-refractivity contribution in [1.82, 2.24) is 10.2 Å². The molecule has 7 heteroatoms. The van der Waals surface area contributed by atoms with E-state index in [-0.39, 0.29) is 19.1 Å². The maximum atomic E-state index is 13.3. The van der Waals surface area contributed by atoms with E-state index in [1.165, 1.54) is 12.2 Å². The van der Waals surface area contributed by atoms with Gasteiger partial charge in [-0.2, -0.15) is 13.2 Å². The molecule has 0 saturated carbocycles. The van der Waals surface area contributed by atoms with Gasteiger partial charge in [0.05, 0.1) is 12.0 Å². The van der Waals surface area contributed by atoms with Crippen LogP contribution >= 0.6 is 0 Å². The summed E-state index contributed by atoms with van der Waals surface area (Å²) in [6, 6.07) is 8.03. The van der Waals surface area contributed by atoms with Gasteiger partial charge in [0.15, 0.2) is 0 Å². The molecule has 0 aromatic heterocycles. The predicted molar refractivity (Wildman–Crippen MR) is 86.0 cm³/mol. The topological polar surface area (TPSA) is 58.4 Å². The molecule has 1 unspecified atom stereocenters. The number of amides is 1. The molecular formula is C17H22F3N3O. The van der Waals surface area contributed by atoms with E-state index in [9.17, 15) is 18.0 Å². The first-order valence-corrected chi connectivity index (χ1v) is 7.83. The van der Waals surface area contributed by atoms with Crippen molar-refractivity contribution in [2.24, 2.45) is 11.7 Å². The zero-order valence-electron chi connectivity index (χ0n) is 13.5. The fourth-order valence-electron chi connectivity index (χ4n) is 2.80. The highest BCUT2D eigenvalue weighted by atomic mass is 19.4. The van der Waals surface area contributed by atoms with Gasteiger partial charge in [0, 0.05) is 31.8 Å². The number of nitrogens with zero attached hydrogens (tertiary/aromatic N) is 1. The fraction of sp³-hybridized carbons (Fsp3) is 0.471. The molecule has 1 aliphatic rings. The predicted octanol–water partition coefficient (Wildman–Crippen LogP) is 2.07. The lowest BCUT2D eigenvalue weighted by Gasteiger charge is -2.21. The zero-order valence-corrected chi connectivity index (χ0v) is 13.5. The van der Waals surface area contributed by atoms with Crippen molar-refractivity contribution in [2.45, 2.75) is 31.7 Å². The van der Waals surface area contributed by atoms with Crippen LogP contribution in [0.2, 0.25) is 0 Å². The Balaban J connectivity index is 2.03. The lowest BCUT2D eigenvalue weighted by molar-refractivity contribution is -0.175. The first-order valence-electron chi connectivity index (χ1n) is 7.83. The van der Waals surface area contributed by atoms with Crippen LogP contribution in [0.3, 0.4) is 0 Å². The second kappa shape index (κ2) is 7.81. The van der Waals surface area contributed by atoms with Gasteiger partial charge in [0.2, 0.25) is 5.91 Å². The van der Waals surface area contributed by atoms with Crippen molar-refractivity contribution in [3.8, 4) is 0 Å². The molecule has 0 spiro atoms. The quantitative estimate of drug-likeness (QED) is 0.806. The molecule has 1 aliphatic heterocycles. The van der Waals surface area contributed by atoms with Crippen LogP contribution in [-0.4, -0.2) is 42.2 Å². The number of hydrogen-bond donors (Lipinski definition) is 2. The third kappa shape index (κ3) is 5.35.